The quantitative estimate of drug-likeness (QED) is 0.845. The Morgan fingerprint density at radius 2 is 1.95 bits per heavy atom. The Hall–Kier alpha value is -1.20. The number of hydrogen-bond acceptors (Lipinski definition) is 4. The third-order valence-corrected chi connectivity index (χ3v) is 5.90. The van der Waals surface area contributed by atoms with E-state index in [2.05, 4.69) is 6.07 Å². The largest absolute Gasteiger partial charge is 0.286 e. The highest BCUT2D eigenvalue weighted by molar-refractivity contribution is 7.89. The molecule has 0 N–H and O–H groups in total. The first kappa shape index (κ1) is 16.2. The minimum Gasteiger partial charge on any atom is -0.286 e. The number of benzene rings is 1. The Morgan fingerprint density at radius 1 is 1.33 bits per heavy atom. The fourth-order valence-corrected chi connectivity index (χ4v) is 4.14. The summed E-state index contributed by atoms with van der Waals surface area (Å²) in [6.07, 6.45) is 0. The van der Waals surface area contributed by atoms with Gasteiger partial charge in [-0.2, -0.15) is 9.57 Å². The average molecular weight is 332 g/mol. The van der Waals surface area contributed by atoms with E-state index in [0.717, 1.165) is 12.1 Å². The van der Waals surface area contributed by atoms with Gasteiger partial charge >= 0.3 is 0 Å². The summed E-state index contributed by atoms with van der Waals surface area (Å²) in [5, 5.41) is 8.88. The first-order chi connectivity index (χ1) is 9.86. The first-order valence-electron chi connectivity index (χ1n) is 6.45. The summed E-state index contributed by atoms with van der Waals surface area (Å²) in [6, 6.07) is 5.15. The van der Waals surface area contributed by atoms with Gasteiger partial charge in [0, 0.05) is 26.2 Å². The van der Waals surface area contributed by atoms with Crippen LogP contribution in [0.15, 0.2) is 23.1 Å². The predicted molar refractivity (Wildman–Crippen MR) is 76.8 cm³/mol. The molecule has 2 rings (SSSR count). The number of sulfonamides is 1. The van der Waals surface area contributed by atoms with Crippen LogP contribution in [0.25, 0.3) is 0 Å². The molecule has 0 aliphatic carbocycles. The highest BCUT2D eigenvalue weighted by atomic mass is 35.5. The summed E-state index contributed by atoms with van der Waals surface area (Å²) >= 11 is 5.88. The smallest absolute Gasteiger partial charge is 0.244 e. The normalized spacial score (nSPS) is 19.1. The summed E-state index contributed by atoms with van der Waals surface area (Å²) in [4.78, 5) is 1.69. The van der Waals surface area contributed by atoms with Gasteiger partial charge in [-0.1, -0.05) is 11.6 Å². The molecule has 0 aromatic heterocycles. The van der Waals surface area contributed by atoms with Crippen LogP contribution in [-0.2, 0) is 10.0 Å². The van der Waals surface area contributed by atoms with Crippen LogP contribution in [0.5, 0.6) is 0 Å². The minimum absolute atomic E-state index is 0.00391. The first-order valence-corrected chi connectivity index (χ1v) is 8.27. The second-order valence-corrected chi connectivity index (χ2v) is 7.13. The third-order valence-electron chi connectivity index (χ3n) is 3.52. The van der Waals surface area contributed by atoms with E-state index in [1.165, 1.54) is 10.4 Å². The Kier molecular flexibility index (Phi) is 4.84. The van der Waals surface area contributed by atoms with Crippen LogP contribution in [0.1, 0.15) is 6.92 Å². The van der Waals surface area contributed by atoms with Gasteiger partial charge in [0.2, 0.25) is 10.0 Å². The average Bonchev–Trinajstić information content (AvgIpc) is 2.49. The number of piperazine rings is 1. The molecule has 1 aromatic rings. The van der Waals surface area contributed by atoms with Crippen molar-refractivity contribution in [3.63, 3.8) is 0 Å². The van der Waals surface area contributed by atoms with Gasteiger partial charge in [0.1, 0.15) is 10.7 Å². The zero-order valence-corrected chi connectivity index (χ0v) is 13.0. The van der Waals surface area contributed by atoms with Gasteiger partial charge in [0.25, 0.3) is 0 Å². The molecule has 21 heavy (non-hydrogen) atoms. The van der Waals surface area contributed by atoms with Gasteiger partial charge in [-0.15, -0.1) is 0 Å². The van der Waals surface area contributed by atoms with Crippen molar-refractivity contribution in [3.05, 3.63) is 29.0 Å². The number of nitrogens with zero attached hydrogens (tertiary/aromatic N) is 3. The third kappa shape index (κ3) is 3.35. The predicted octanol–water partition coefficient (Wildman–Crippen LogP) is 1.70. The van der Waals surface area contributed by atoms with Crippen LogP contribution in [0.2, 0.25) is 5.02 Å². The van der Waals surface area contributed by atoms with E-state index in [4.69, 9.17) is 16.9 Å². The van der Waals surface area contributed by atoms with Crippen molar-refractivity contribution < 1.29 is 12.8 Å². The lowest BCUT2D eigenvalue weighted by molar-refractivity contribution is 0.169. The van der Waals surface area contributed by atoms with E-state index in [0.29, 0.717) is 13.1 Å². The molecule has 0 saturated carbocycles. The van der Waals surface area contributed by atoms with Gasteiger partial charge in [0.05, 0.1) is 17.1 Å². The second kappa shape index (κ2) is 6.28. The van der Waals surface area contributed by atoms with Crippen LogP contribution in [0, 0.1) is 17.1 Å². The van der Waals surface area contributed by atoms with Crippen LogP contribution in [0.4, 0.5) is 4.39 Å². The Labute approximate surface area is 128 Å². The molecule has 5 nitrogen and oxygen atoms in total. The summed E-state index contributed by atoms with van der Waals surface area (Å²) in [7, 11) is -3.82. The zero-order valence-electron chi connectivity index (χ0n) is 11.5. The molecule has 0 radical (unpaired) electrons. The molecule has 1 aliphatic rings. The SMILES string of the molecule is CC(C#N)N1CCN(S(=O)(=O)c2cc(F)ccc2Cl)CC1. The van der Waals surface area contributed by atoms with Crippen molar-refractivity contribution in [2.45, 2.75) is 17.9 Å². The van der Waals surface area contributed by atoms with Crippen molar-refractivity contribution in [1.29, 1.82) is 5.26 Å². The molecule has 1 saturated heterocycles. The molecular weight excluding hydrogens is 317 g/mol. The maximum absolute atomic E-state index is 13.3. The van der Waals surface area contributed by atoms with Crippen molar-refractivity contribution in [3.8, 4) is 6.07 Å². The topological polar surface area (TPSA) is 64.4 Å². The highest BCUT2D eigenvalue weighted by Gasteiger charge is 2.31. The van der Waals surface area contributed by atoms with Gasteiger partial charge in [-0.05, 0) is 25.1 Å². The number of hydrogen-bond donors (Lipinski definition) is 0. The molecule has 1 heterocycles. The fourth-order valence-electron chi connectivity index (χ4n) is 2.23. The maximum atomic E-state index is 13.3. The maximum Gasteiger partial charge on any atom is 0.244 e. The highest BCUT2D eigenvalue weighted by Crippen LogP contribution is 2.26. The van der Waals surface area contributed by atoms with E-state index in [1.54, 1.807) is 6.92 Å². The van der Waals surface area contributed by atoms with Gasteiger partial charge < -0.3 is 0 Å². The zero-order chi connectivity index (χ0) is 15.6. The molecule has 1 fully saturated rings. The van der Waals surface area contributed by atoms with Crippen LogP contribution in [-0.4, -0.2) is 49.8 Å². The molecule has 1 aliphatic heterocycles. The monoisotopic (exact) mass is 331 g/mol. The molecular formula is C13H15ClFN3O2S. The standard InChI is InChI=1S/C13H15ClFN3O2S/c1-10(9-16)17-4-6-18(7-5-17)21(19,20)13-8-11(15)2-3-12(13)14/h2-3,8,10H,4-7H2,1H3. The summed E-state index contributed by atoms with van der Waals surface area (Å²) < 4.78 is 39.5. The second-order valence-electron chi connectivity index (χ2n) is 4.82. The van der Waals surface area contributed by atoms with Gasteiger partial charge in [-0.25, -0.2) is 12.8 Å². The number of rotatable bonds is 3. The Bertz CT molecular complexity index is 666. The Balaban J connectivity index is 2.19. The van der Waals surface area contributed by atoms with Crippen molar-refractivity contribution in [2.24, 2.45) is 0 Å². The van der Waals surface area contributed by atoms with E-state index >= 15 is 0 Å². The minimum atomic E-state index is -3.82. The Morgan fingerprint density at radius 3 is 2.52 bits per heavy atom. The molecule has 114 valence electrons. The van der Waals surface area contributed by atoms with Crippen LogP contribution >= 0.6 is 11.6 Å². The lowest BCUT2D eigenvalue weighted by Gasteiger charge is -2.35. The fraction of sp³-hybridized carbons (Fsp3) is 0.462. The summed E-state index contributed by atoms with van der Waals surface area (Å²) in [5.41, 5.74) is 0. The molecule has 0 spiro atoms. The molecule has 1 aromatic carbocycles. The van der Waals surface area contributed by atoms with Gasteiger partial charge in [0.15, 0.2) is 0 Å². The number of halogens is 2. The van der Waals surface area contributed by atoms with Crippen molar-refractivity contribution >= 4 is 21.6 Å². The van der Waals surface area contributed by atoms with E-state index in [-0.39, 0.29) is 29.0 Å². The van der Waals surface area contributed by atoms with Crippen LogP contribution in [0.3, 0.4) is 0 Å². The molecule has 1 atom stereocenters. The summed E-state index contributed by atoms with van der Waals surface area (Å²) in [5.74, 6) is -0.644. The van der Waals surface area contributed by atoms with Crippen LogP contribution < -0.4 is 0 Å². The molecule has 0 bridgehead atoms. The number of nitriles is 1. The molecule has 1 unspecified atom stereocenters. The summed E-state index contributed by atoms with van der Waals surface area (Å²) in [6.45, 7) is 3.19. The van der Waals surface area contributed by atoms with Crippen molar-refractivity contribution in [2.75, 3.05) is 26.2 Å². The lowest BCUT2D eigenvalue weighted by Crippen LogP contribution is -2.50. The molecule has 8 heteroatoms. The van der Waals surface area contributed by atoms with E-state index in [1.807, 2.05) is 4.90 Å². The van der Waals surface area contributed by atoms with Crippen molar-refractivity contribution in [1.82, 2.24) is 9.21 Å². The lowest BCUT2D eigenvalue weighted by atomic mass is 10.2. The van der Waals surface area contributed by atoms with E-state index in [9.17, 15) is 12.8 Å². The molecule has 0 amide bonds. The van der Waals surface area contributed by atoms with E-state index < -0.39 is 15.8 Å². The van der Waals surface area contributed by atoms with Gasteiger partial charge in [-0.3, -0.25) is 4.90 Å².